The maximum absolute atomic E-state index is 11.5. The van der Waals surface area contributed by atoms with Crippen molar-refractivity contribution in [2.45, 2.75) is 51.7 Å². The summed E-state index contributed by atoms with van der Waals surface area (Å²) >= 11 is 0. The van der Waals surface area contributed by atoms with E-state index in [1.54, 1.807) is 0 Å². The van der Waals surface area contributed by atoms with Gasteiger partial charge in [-0.15, -0.1) is 0 Å². The first kappa shape index (κ1) is 15.7. The summed E-state index contributed by atoms with van der Waals surface area (Å²) in [6.07, 6.45) is 3.34. The molecule has 1 amide bonds. The van der Waals surface area contributed by atoms with E-state index in [9.17, 15) is 9.90 Å². The molecule has 0 saturated carbocycles. The summed E-state index contributed by atoms with van der Waals surface area (Å²) in [6.45, 7) is 2.44. The third-order valence-electron chi connectivity index (χ3n) is 2.83. The third kappa shape index (κ3) is 7.59. The first-order valence-electron chi connectivity index (χ1n) is 6.85. The van der Waals surface area contributed by atoms with Gasteiger partial charge in [0.1, 0.15) is 0 Å². The number of nitrogens with one attached hydrogen (secondary N) is 1. The molecule has 4 heteroatoms. The molecule has 0 bridgehead atoms. The summed E-state index contributed by atoms with van der Waals surface area (Å²) < 4.78 is 0. The standard InChI is InChI=1S/C15H23NO3/c1-2-3-5-10-14(17)11-15(18)16-19-12-13-8-6-4-7-9-13/h4,6-9,14,17H,2-3,5,10-12H2,1H3,(H,16,18). The van der Waals surface area contributed by atoms with Crippen LogP contribution in [0.3, 0.4) is 0 Å². The number of aliphatic hydroxyl groups is 1. The minimum Gasteiger partial charge on any atom is -0.393 e. The van der Waals surface area contributed by atoms with Crippen LogP contribution in [-0.2, 0) is 16.2 Å². The van der Waals surface area contributed by atoms with E-state index in [1.165, 1.54) is 0 Å². The molecule has 0 aliphatic rings. The van der Waals surface area contributed by atoms with E-state index < -0.39 is 6.10 Å². The molecule has 0 heterocycles. The van der Waals surface area contributed by atoms with Gasteiger partial charge in [0.05, 0.1) is 19.1 Å². The molecule has 4 nitrogen and oxygen atoms in total. The van der Waals surface area contributed by atoms with Gasteiger partial charge >= 0.3 is 0 Å². The number of hydroxylamine groups is 1. The Morgan fingerprint density at radius 2 is 2.05 bits per heavy atom. The van der Waals surface area contributed by atoms with E-state index in [4.69, 9.17) is 4.84 Å². The van der Waals surface area contributed by atoms with E-state index in [0.717, 1.165) is 24.8 Å². The number of hydrogen-bond donors (Lipinski definition) is 2. The largest absolute Gasteiger partial charge is 0.393 e. The highest BCUT2D eigenvalue weighted by atomic mass is 16.6. The van der Waals surface area contributed by atoms with Gasteiger partial charge in [0.25, 0.3) is 0 Å². The van der Waals surface area contributed by atoms with Crippen LogP contribution in [0.15, 0.2) is 30.3 Å². The number of amides is 1. The fourth-order valence-corrected chi connectivity index (χ4v) is 1.76. The zero-order valence-corrected chi connectivity index (χ0v) is 11.5. The highest BCUT2D eigenvalue weighted by molar-refractivity contribution is 5.75. The maximum Gasteiger partial charge on any atom is 0.246 e. The Balaban J connectivity index is 2.10. The Labute approximate surface area is 114 Å². The molecule has 19 heavy (non-hydrogen) atoms. The normalized spacial score (nSPS) is 12.1. The van der Waals surface area contributed by atoms with E-state index in [2.05, 4.69) is 12.4 Å². The van der Waals surface area contributed by atoms with Crippen LogP contribution in [0.4, 0.5) is 0 Å². The summed E-state index contributed by atoms with van der Waals surface area (Å²) in [7, 11) is 0. The van der Waals surface area contributed by atoms with E-state index in [-0.39, 0.29) is 12.3 Å². The molecular weight excluding hydrogens is 242 g/mol. The van der Waals surface area contributed by atoms with Crippen molar-refractivity contribution in [1.82, 2.24) is 5.48 Å². The predicted molar refractivity (Wildman–Crippen MR) is 74.1 cm³/mol. The number of carbonyl (C=O) groups is 1. The van der Waals surface area contributed by atoms with Gasteiger partial charge in [0.2, 0.25) is 5.91 Å². The van der Waals surface area contributed by atoms with Crippen molar-refractivity contribution in [1.29, 1.82) is 0 Å². The lowest BCUT2D eigenvalue weighted by atomic mass is 10.1. The highest BCUT2D eigenvalue weighted by Gasteiger charge is 2.10. The minimum atomic E-state index is -0.577. The number of benzene rings is 1. The molecule has 0 aliphatic carbocycles. The van der Waals surface area contributed by atoms with Crippen LogP contribution in [0.25, 0.3) is 0 Å². The van der Waals surface area contributed by atoms with Crippen LogP contribution >= 0.6 is 0 Å². The second-order valence-electron chi connectivity index (χ2n) is 4.65. The zero-order valence-electron chi connectivity index (χ0n) is 11.5. The van der Waals surface area contributed by atoms with Crippen molar-refractivity contribution in [3.8, 4) is 0 Å². The summed E-state index contributed by atoms with van der Waals surface area (Å²) in [5.41, 5.74) is 3.35. The summed E-state index contributed by atoms with van der Waals surface area (Å²) in [4.78, 5) is 16.6. The molecule has 1 rings (SSSR count). The van der Waals surface area contributed by atoms with Crippen LogP contribution in [-0.4, -0.2) is 17.1 Å². The van der Waals surface area contributed by atoms with Crippen molar-refractivity contribution in [3.63, 3.8) is 0 Å². The van der Waals surface area contributed by atoms with E-state index in [1.807, 2.05) is 30.3 Å². The third-order valence-corrected chi connectivity index (χ3v) is 2.83. The van der Waals surface area contributed by atoms with Crippen LogP contribution < -0.4 is 5.48 Å². The Morgan fingerprint density at radius 1 is 1.32 bits per heavy atom. The quantitative estimate of drug-likeness (QED) is 0.533. The molecule has 0 aromatic heterocycles. The minimum absolute atomic E-state index is 0.0957. The average Bonchev–Trinajstić information content (AvgIpc) is 2.40. The molecule has 1 atom stereocenters. The summed E-state index contributed by atoms with van der Waals surface area (Å²) in [5, 5.41) is 9.65. The lowest BCUT2D eigenvalue weighted by Gasteiger charge is -2.10. The van der Waals surface area contributed by atoms with Crippen LogP contribution in [0.5, 0.6) is 0 Å². The van der Waals surface area contributed by atoms with Gasteiger partial charge in [-0.2, -0.15) is 0 Å². The van der Waals surface area contributed by atoms with Crippen LogP contribution in [0.2, 0.25) is 0 Å². The van der Waals surface area contributed by atoms with Gasteiger partial charge in [0.15, 0.2) is 0 Å². The SMILES string of the molecule is CCCCCC(O)CC(=O)NOCc1ccccc1. The Morgan fingerprint density at radius 3 is 2.74 bits per heavy atom. The molecule has 0 aliphatic heterocycles. The van der Waals surface area contributed by atoms with Crippen molar-refractivity contribution in [2.24, 2.45) is 0 Å². The van der Waals surface area contributed by atoms with Gasteiger partial charge in [-0.1, -0.05) is 56.5 Å². The molecule has 1 aromatic rings. The molecule has 0 spiro atoms. The fraction of sp³-hybridized carbons (Fsp3) is 0.533. The van der Waals surface area contributed by atoms with Gasteiger partial charge in [-0.05, 0) is 12.0 Å². The monoisotopic (exact) mass is 265 g/mol. The lowest BCUT2D eigenvalue weighted by Crippen LogP contribution is -2.27. The van der Waals surface area contributed by atoms with Gasteiger partial charge in [-0.25, -0.2) is 5.48 Å². The van der Waals surface area contributed by atoms with E-state index >= 15 is 0 Å². The number of rotatable bonds is 9. The summed E-state index contributed by atoms with van der Waals surface area (Å²) in [5.74, 6) is -0.278. The van der Waals surface area contributed by atoms with Crippen LogP contribution in [0, 0.1) is 0 Å². The fourth-order valence-electron chi connectivity index (χ4n) is 1.76. The molecule has 1 unspecified atom stereocenters. The van der Waals surface area contributed by atoms with Crippen LogP contribution in [0.1, 0.15) is 44.6 Å². The number of aliphatic hydroxyl groups excluding tert-OH is 1. The van der Waals surface area contributed by atoms with Crippen molar-refractivity contribution >= 4 is 5.91 Å². The first-order valence-corrected chi connectivity index (χ1v) is 6.85. The number of hydrogen-bond acceptors (Lipinski definition) is 3. The summed E-state index contributed by atoms with van der Waals surface area (Å²) in [6, 6.07) is 9.60. The van der Waals surface area contributed by atoms with Gasteiger partial charge in [0, 0.05) is 0 Å². The predicted octanol–water partition coefficient (Wildman–Crippen LogP) is 2.57. The molecule has 106 valence electrons. The van der Waals surface area contributed by atoms with E-state index in [0.29, 0.717) is 13.0 Å². The maximum atomic E-state index is 11.5. The molecule has 0 fully saturated rings. The first-order chi connectivity index (χ1) is 9.22. The number of unbranched alkanes of at least 4 members (excludes halogenated alkanes) is 2. The Kier molecular flexibility index (Phi) is 7.86. The highest BCUT2D eigenvalue weighted by Crippen LogP contribution is 2.06. The van der Waals surface area contributed by atoms with Gasteiger partial charge < -0.3 is 5.11 Å². The second kappa shape index (κ2) is 9.53. The lowest BCUT2D eigenvalue weighted by molar-refractivity contribution is -0.136. The van der Waals surface area contributed by atoms with Crippen molar-refractivity contribution < 1.29 is 14.7 Å². The topological polar surface area (TPSA) is 58.6 Å². The molecule has 0 radical (unpaired) electrons. The Bertz CT molecular complexity index is 354. The molecule has 1 aromatic carbocycles. The molecule has 0 saturated heterocycles. The smallest absolute Gasteiger partial charge is 0.246 e. The number of carbonyl (C=O) groups excluding carboxylic acids is 1. The average molecular weight is 265 g/mol. The molecular formula is C15H23NO3. The Hall–Kier alpha value is -1.39. The van der Waals surface area contributed by atoms with Crippen molar-refractivity contribution in [3.05, 3.63) is 35.9 Å². The van der Waals surface area contributed by atoms with Gasteiger partial charge in [-0.3, -0.25) is 9.63 Å². The zero-order chi connectivity index (χ0) is 13.9. The second-order valence-corrected chi connectivity index (χ2v) is 4.65. The van der Waals surface area contributed by atoms with Crippen molar-refractivity contribution in [2.75, 3.05) is 0 Å². The molecule has 2 N–H and O–H groups in total.